The molecule has 0 radical (unpaired) electrons. The fourth-order valence-electron chi connectivity index (χ4n) is 1.84. The van der Waals surface area contributed by atoms with E-state index in [1.54, 1.807) is 6.07 Å². The Balaban J connectivity index is 1.67. The van der Waals surface area contributed by atoms with Gasteiger partial charge >= 0.3 is 0 Å². The number of aromatic amines is 1. The van der Waals surface area contributed by atoms with E-state index in [1.807, 2.05) is 13.0 Å². The Hall–Kier alpha value is -2.31. The van der Waals surface area contributed by atoms with E-state index in [9.17, 15) is 0 Å². The summed E-state index contributed by atoms with van der Waals surface area (Å²) in [5.74, 6) is 2.62. The van der Waals surface area contributed by atoms with Crippen molar-refractivity contribution in [2.45, 2.75) is 25.8 Å². The highest BCUT2D eigenvalue weighted by atomic mass is 16.5. The minimum Gasteiger partial charge on any atom is -0.476 e. The molecule has 1 aliphatic carbocycles. The van der Waals surface area contributed by atoms with Gasteiger partial charge in [-0.15, -0.1) is 0 Å². The van der Waals surface area contributed by atoms with Crippen LogP contribution in [0.1, 0.15) is 31.6 Å². The molecule has 2 aromatic rings. The molecule has 0 bridgehead atoms. The third-order valence-corrected chi connectivity index (χ3v) is 3.25. The van der Waals surface area contributed by atoms with Crippen molar-refractivity contribution < 1.29 is 4.74 Å². The van der Waals surface area contributed by atoms with Crippen molar-refractivity contribution in [3.8, 4) is 5.88 Å². The van der Waals surface area contributed by atoms with Crippen molar-refractivity contribution >= 4 is 11.5 Å². The molecule has 0 spiro atoms. The van der Waals surface area contributed by atoms with Crippen LogP contribution in [0.4, 0.5) is 11.5 Å². The largest absolute Gasteiger partial charge is 0.476 e. The highest BCUT2D eigenvalue weighted by Crippen LogP contribution is 2.31. The molecule has 106 valence electrons. The monoisotopic (exact) mass is 274 g/mol. The second kappa shape index (κ2) is 5.36. The molecule has 0 aliphatic heterocycles. The number of hydrogen-bond acceptors (Lipinski definition) is 6. The summed E-state index contributed by atoms with van der Waals surface area (Å²) < 4.78 is 5.66. The van der Waals surface area contributed by atoms with E-state index in [-0.39, 0.29) is 6.04 Å². The number of H-pyrrole nitrogens is 1. The zero-order valence-corrected chi connectivity index (χ0v) is 11.3. The van der Waals surface area contributed by atoms with E-state index in [0.717, 1.165) is 5.82 Å². The van der Waals surface area contributed by atoms with Gasteiger partial charge in [-0.3, -0.25) is 5.10 Å². The Kier molecular flexibility index (Phi) is 3.41. The summed E-state index contributed by atoms with van der Waals surface area (Å²) in [4.78, 5) is 8.51. The van der Waals surface area contributed by atoms with Crippen molar-refractivity contribution in [1.82, 2.24) is 20.2 Å². The number of nitrogen functional groups attached to an aromatic ring is 1. The number of hydrogen-bond donors (Lipinski definition) is 3. The summed E-state index contributed by atoms with van der Waals surface area (Å²) in [5, 5.41) is 9.89. The quantitative estimate of drug-likeness (QED) is 0.741. The second-order valence-electron chi connectivity index (χ2n) is 5.08. The number of aromatic nitrogens is 4. The molecule has 1 saturated carbocycles. The van der Waals surface area contributed by atoms with Crippen molar-refractivity contribution in [2.75, 3.05) is 17.7 Å². The Labute approximate surface area is 117 Å². The lowest BCUT2D eigenvalue weighted by Gasteiger charge is -2.14. The van der Waals surface area contributed by atoms with Crippen LogP contribution in [0.25, 0.3) is 0 Å². The molecular formula is C13H18N6O. The highest BCUT2D eigenvalue weighted by Gasteiger charge is 2.22. The molecule has 1 unspecified atom stereocenters. The van der Waals surface area contributed by atoms with E-state index >= 15 is 0 Å². The molecule has 1 aliphatic rings. The minimum absolute atomic E-state index is 0.0232. The van der Waals surface area contributed by atoms with Crippen LogP contribution in [0.3, 0.4) is 0 Å². The normalized spacial score (nSPS) is 15.8. The topological polar surface area (TPSA) is 102 Å². The summed E-state index contributed by atoms with van der Waals surface area (Å²) in [5.41, 5.74) is 6.44. The lowest BCUT2D eigenvalue weighted by molar-refractivity contribution is 0.290. The van der Waals surface area contributed by atoms with Gasteiger partial charge in [0.1, 0.15) is 18.0 Å². The molecule has 2 aromatic heterocycles. The molecule has 4 N–H and O–H groups in total. The fraction of sp³-hybridized carbons (Fsp3) is 0.462. The van der Waals surface area contributed by atoms with Crippen LogP contribution in [-0.2, 0) is 0 Å². The molecule has 1 fully saturated rings. The van der Waals surface area contributed by atoms with Crippen LogP contribution in [-0.4, -0.2) is 26.8 Å². The van der Waals surface area contributed by atoms with Gasteiger partial charge in [-0.25, -0.2) is 4.98 Å². The van der Waals surface area contributed by atoms with Crippen LogP contribution in [0.5, 0.6) is 5.88 Å². The molecule has 3 rings (SSSR count). The maximum Gasteiger partial charge on any atom is 0.239 e. The highest BCUT2D eigenvalue weighted by molar-refractivity contribution is 5.54. The molecule has 0 saturated heterocycles. The Morgan fingerprint density at radius 2 is 2.35 bits per heavy atom. The van der Waals surface area contributed by atoms with Gasteiger partial charge in [0.05, 0.1) is 18.3 Å². The van der Waals surface area contributed by atoms with Crippen LogP contribution < -0.4 is 15.8 Å². The standard InChI is InChI=1S/C13H18N6O/c1-8(12-15-7-16-19-12)17-11-5-4-10(14)13(18-11)20-6-9-2-3-9/h4-5,7-9H,2-3,6,14H2,1H3,(H,17,18)(H,15,16,19). The lowest BCUT2D eigenvalue weighted by Crippen LogP contribution is -2.11. The van der Waals surface area contributed by atoms with E-state index in [2.05, 4.69) is 25.5 Å². The molecule has 2 heterocycles. The lowest BCUT2D eigenvalue weighted by atomic mass is 10.3. The van der Waals surface area contributed by atoms with Crippen molar-refractivity contribution in [3.05, 3.63) is 24.3 Å². The van der Waals surface area contributed by atoms with Gasteiger partial charge < -0.3 is 15.8 Å². The van der Waals surface area contributed by atoms with Crippen molar-refractivity contribution in [1.29, 1.82) is 0 Å². The first kappa shape index (κ1) is 12.7. The van der Waals surface area contributed by atoms with Crippen LogP contribution in [0.15, 0.2) is 18.5 Å². The summed E-state index contributed by atoms with van der Waals surface area (Å²) in [6, 6.07) is 3.60. The number of rotatable bonds is 6. The average molecular weight is 274 g/mol. The molecule has 7 heteroatoms. The number of pyridine rings is 1. The first-order chi connectivity index (χ1) is 9.72. The molecule has 7 nitrogen and oxygen atoms in total. The van der Waals surface area contributed by atoms with Gasteiger partial charge in [-0.1, -0.05) is 0 Å². The van der Waals surface area contributed by atoms with E-state index in [0.29, 0.717) is 29.9 Å². The number of nitrogens with two attached hydrogens (primary N) is 1. The Morgan fingerprint density at radius 3 is 3.05 bits per heavy atom. The molecule has 0 amide bonds. The number of anilines is 2. The van der Waals surface area contributed by atoms with Crippen molar-refractivity contribution in [3.63, 3.8) is 0 Å². The van der Waals surface area contributed by atoms with Crippen LogP contribution >= 0.6 is 0 Å². The summed E-state index contributed by atoms with van der Waals surface area (Å²) in [7, 11) is 0. The average Bonchev–Trinajstić information content (AvgIpc) is 3.10. The first-order valence-corrected chi connectivity index (χ1v) is 6.73. The number of ether oxygens (including phenoxy) is 1. The Bertz CT molecular complexity index is 566. The summed E-state index contributed by atoms with van der Waals surface area (Å²) in [6.07, 6.45) is 3.95. The van der Waals surface area contributed by atoms with Gasteiger partial charge in [0.25, 0.3) is 0 Å². The van der Waals surface area contributed by atoms with Gasteiger partial charge in [0, 0.05) is 0 Å². The number of nitrogens with zero attached hydrogens (tertiary/aromatic N) is 3. The Morgan fingerprint density at radius 1 is 1.50 bits per heavy atom. The zero-order valence-electron chi connectivity index (χ0n) is 11.3. The van der Waals surface area contributed by atoms with Crippen LogP contribution in [0, 0.1) is 5.92 Å². The van der Waals surface area contributed by atoms with Gasteiger partial charge in [0.15, 0.2) is 0 Å². The van der Waals surface area contributed by atoms with Gasteiger partial charge in [0.2, 0.25) is 5.88 Å². The van der Waals surface area contributed by atoms with Gasteiger partial charge in [-0.05, 0) is 37.8 Å². The smallest absolute Gasteiger partial charge is 0.239 e. The second-order valence-corrected chi connectivity index (χ2v) is 5.08. The van der Waals surface area contributed by atoms with E-state index in [1.165, 1.54) is 19.2 Å². The maximum absolute atomic E-state index is 5.88. The van der Waals surface area contributed by atoms with Crippen LogP contribution in [0.2, 0.25) is 0 Å². The zero-order chi connectivity index (χ0) is 13.9. The maximum atomic E-state index is 5.88. The third-order valence-electron chi connectivity index (χ3n) is 3.25. The van der Waals surface area contributed by atoms with Gasteiger partial charge in [-0.2, -0.15) is 10.1 Å². The number of nitrogens with one attached hydrogen (secondary N) is 2. The summed E-state index contributed by atoms with van der Waals surface area (Å²) in [6.45, 7) is 2.67. The molecule has 1 atom stereocenters. The SMILES string of the molecule is CC(Nc1ccc(N)c(OCC2CC2)n1)c1ncn[nH]1. The predicted octanol–water partition coefficient (Wildman–Crippen LogP) is 1.74. The molecular weight excluding hydrogens is 256 g/mol. The van der Waals surface area contributed by atoms with E-state index in [4.69, 9.17) is 10.5 Å². The molecule has 20 heavy (non-hydrogen) atoms. The minimum atomic E-state index is -0.0232. The first-order valence-electron chi connectivity index (χ1n) is 6.73. The fourth-order valence-corrected chi connectivity index (χ4v) is 1.84. The third kappa shape index (κ3) is 2.98. The predicted molar refractivity (Wildman–Crippen MR) is 75.3 cm³/mol. The molecule has 0 aromatic carbocycles. The van der Waals surface area contributed by atoms with E-state index < -0.39 is 0 Å². The summed E-state index contributed by atoms with van der Waals surface area (Å²) >= 11 is 0. The van der Waals surface area contributed by atoms with Crippen molar-refractivity contribution in [2.24, 2.45) is 5.92 Å².